The highest BCUT2D eigenvalue weighted by molar-refractivity contribution is 7.99. The van der Waals surface area contributed by atoms with Gasteiger partial charge in [-0.25, -0.2) is 4.39 Å². The van der Waals surface area contributed by atoms with Crippen molar-refractivity contribution in [3.05, 3.63) is 53.8 Å². The predicted octanol–water partition coefficient (Wildman–Crippen LogP) is 4.92. The van der Waals surface area contributed by atoms with Gasteiger partial charge in [0.15, 0.2) is 0 Å². The Labute approximate surface area is 126 Å². The zero-order chi connectivity index (χ0) is 15.2. The molecule has 2 rings (SSSR count). The first-order valence-corrected chi connectivity index (χ1v) is 7.52. The Morgan fingerprint density at radius 3 is 2.43 bits per heavy atom. The molecule has 0 spiro atoms. The number of hydrogen-bond donors (Lipinski definition) is 1. The summed E-state index contributed by atoms with van der Waals surface area (Å²) in [4.78, 5) is 0.470. The van der Waals surface area contributed by atoms with Gasteiger partial charge in [-0.3, -0.25) is 0 Å². The minimum atomic E-state index is -2.45. The van der Waals surface area contributed by atoms with Crippen molar-refractivity contribution in [3.63, 3.8) is 0 Å². The van der Waals surface area contributed by atoms with Crippen molar-refractivity contribution in [1.29, 1.82) is 0 Å². The lowest BCUT2D eigenvalue weighted by molar-refractivity contribution is 0.252. The van der Waals surface area contributed by atoms with E-state index in [2.05, 4.69) is 5.32 Å². The Kier molecular flexibility index (Phi) is 5.70. The van der Waals surface area contributed by atoms with Crippen molar-refractivity contribution >= 4 is 11.8 Å². The van der Waals surface area contributed by atoms with Gasteiger partial charge in [-0.2, -0.15) is 8.78 Å². The van der Waals surface area contributed by atoms with Gasteiger partial charge in [0.25, 0.3) is 5.76 Å². The molecule has 0 aromatic heterocycles. The summed E-state index contributed by atoms with van der Waals surface area (Å²) >= 11 is 0.484. The Bertz CT molecular complexity index is 585. The number of alkyl halides is 2. The highest BCUT2D eigenvalue weighted by Gasteiger charge is 2.08. The molecule has 1 N–H and O–H groups in total. The Balaban J connectivity index is 2.23. The molecule has 0 aliphatic rings. The lowest BCUT2D eigenvalue weighted by Gasteiger charge is -2.08. The fraction of sp³-hybridized carbons (Fsp3) is 0.250. The maximum absolute atomic E-state index is 13.9. The number of halogens is 3. The van der Waals surface area contributed by atoms with Crippen LogP contribution < -0.4 is 5.32 Å². The van der Waals surface area contributed by atoms with Crippen LogP contribution in [0.3, 0.4) is 0 Å². The molecule has 0 aliphatic heterocycles. The molecule has 0 unspecified atom stereocenters. The zero-order valence-electron chi connectivity index (χ0n) is 11.6. The summed E-state index contributed by atoms with van der Waals surface area (Å²) in [6.07, 6.45) is 0. The Hall–Kier alpha value is -1.46. The number of hydrogen-bond acceptors (Lipinski definition) is 2. The van der Waals surface area contributed by atoms with Gasteiger partial charge in [-0.1, -0.05) is 36.9 Å². The number of benzene rings is 2. The van der Waals surface area contributed by atoms with Crippen molar-refractivity contribution in [1.82, 2.24) is 5.32 Å². The molecule has 0 fully saturated rings. The van der Waals surface area contributed by atoms with Gasteiger partial charge < -0.3 is 5.32 Å². The fourth-order valence-electron chi connectivity index (χ4n) is 1.99. The standard InChI is InChI=1S/C16H16F3NS/c1-2-20-10-11-3-8-15(17)14(9-11)12-4-6-13(7-5-12)21-16(18)19/h3-9,16,20H,2,10H2,1H3. The normalized spacial score (nSPS) is 11.1. The van der Waals surface area contributed by atoms with E-state index >= 15 is 0 Å². The van der Waals surface area contributed by atoms with E-state index in [1.54, 1.807) is 36.4 Å². The van der Waals surface area contributed by atoms with Crippen LogP contribution in [0.5, 0.6) is 0 Å². The SMILES string of the molecule is CCNCc1ccc(F)c(-c2ccc(SC(F)F)cc2)c1. The Morgan fingerprint density at radius 1 is 1.10 bits per heavy atom. The summed E-state index contributed by atoms with van der Waals surface area (Å²) in [7, 11) is 0. The van der Waals surface area contributed by atoms with Gasteiger partial charge in [0.2, 0.25) is 0 Å². The maximum atomic E-state index is 13.9. The van der Waals surface area contributed by atoms with E-state index in [0.29, 0.717) is 34.3 Å². The van der Waals surface area contributed by atoms with Gasteiger partial charge >= 0.3 is 0 Å². The van der Waals surface area contributed by atoms with Crippen LogP contribution in [0, 0.1) is 5.82 Å². The summed E-state index contributed by atoms with van der Waals surface area (Å²) in [5, 5.41) is 3.18. The monoisotopic (exact) mass is 311 g/mol. The van der Waals surface area contributed by atoms with E-state index in [1.165, 1.54) is 6.07 Å². The highest BCUT2D eigenvalue weighted by Crippen LogP contribution is 2.29. The average molecular weight is 311 g/mol. The number of nitrogens with one attached hydrogen (secondary N) is 1. The molecule has 112 valence electrons. The minimum absolute atomic E-state index is 0.315. The second-order valence-corrected chi connectivity index (χ2v) is 5.56. The van der Waals surface area contributed by atoms with Crippen LogP contribution in [0.1, 0.15) is 12.5 Å². The molecule has 0 bridgehead atoms. The highest BCUT2D eigenvalue weighted by atomic mass is 32.2. The molecule has 0 saturated heterocycles. The van der Waals surface area contributed by atoms with Gasteiger partial charge in [0.1, 0.15) is 5.82 Å². The molecule has 0 atom stereocenters. The molecule has 0 heterocycles. The third-order valence-corrected chi connectivity index (χ3v) is 3.72. The van der Waals surface area contributed by atoms with E-state index in [4.69, 9.17) is 0 Å². The smallest absolute Gasteiger partial charge is 0.288 e. The van der Waals surface area contributed by atoms with Crippen molar-refractivity contribution in [3.8, 4) is 11.1 Å². The molecule has 5 heteroatoms. The van der Waals surface area contributed by atoms with E-state index in [-0.39, 0.29) is 5.82 Å². The van der Waals surface area contributed by atoms with E-state index in [9.17, 15) is 13.2 Å². The molecular formula is C16H16F3NS. The van der Waals surface area contributed by atoms with E-state index < -0.39 is 5.76 Å². The first kappa shape index (κ1) is 15.9. The summed E-state index contributed by atoms with van der Waals surface area (Å²) in [6, 6.07) is 11.5. The van der Waals surface area contributed by atoms with Crippen molar-refractivity contribution < 1.29 is 13.2 Å². The van der Waals surface area contributed by atoms with Crippen LogP contribution in [0.15, 0.2) is 47.4 Å². The molecule has 2 aromatic rings. The van der Waals surface area contributed by atoms with E-state index in [1.807, 2.05) is 6.92 Å². The van der Waals surface area contributed by atoms with Crippen molar-refractivity contribution in [2.45, 2.75) is 24.1 Å². The lowest BCUT2D eigenvalue weighted by atomic mass is 10.0. The van der Waals surface area contributed by atoms with Crippen molar-refractivity contribution in [2.75, 3.05) is 6.54 Å². The summed E-state index contributed by atoms with van der Waals surface area (Å²) in [5.41, 5.74) is 2.16. The zero-order valence-corrected chi connectivity index (χ0v) is 12.4. The van der Waals surface area contributed by atoms with E-state index in [0.717, 1.165) is 12.1 Å². The largest absolute Gasteiger partial charge is 0.313 e. The third-order valence-electron chi connectivity index (χ3n) is 3.00. The summed E-state index contributed by atoms with van der Waals surface area (Å²) in [5.74, 6) is -2.76. The number of thioether (sulfide) groups is 1. The average Bonchev–Trinajstić information content (AvgIpc) is 2.47. The van der Waals surface area contributed by atoms with Gasteiger partial charge in [-0.05, 0) is 41.9 Å². The first-order valence-electron chi connectivity index (χ1n) is 6.64. The van der Waals surface area contributed by atoms with Gasteiger partial charge in [-0.15, -0.1) is 0 Å². The maximum Gasteiger partial charge on any atom is 0.288 e. The molecular weight excluding hydrogens is 295 g/mol. The lowest BCUT2D eigenvalue weighted by Crippen LogP contribution is -2.11. The third kappa shape index (κ3) is 4.51. The Morgan fingerprint density at radius 2 is 1.81 bits per heavy atom. The predicted molar refractivity (Wildman–Crippen MR) is 81.1 cm³/mol. The molecule has 0 saturated carbocycles. The topological polar surface area (TPSA) is 12.0 Å². The summed E-state index contributed by atoms with van der Waals surface area (Å²) in [6.45, 7) is 3.51. The second kappa shape index (κ2) is 7.52. The fourth-order valence-corrected chi connectivity index (χ4v) is 2.49. The van der Waals surface area contributed by atoms with Crippen LogP contribution in [-0.4, -0.2) is 12.3 Å². The minimum Gasteiger partial charge on any atom is -0.313 e. The second-order valence-electron chi connectivity index (χ2n) is 4.50. The van der Waals surface area contributed by atoms with Crippen LogP contribution >= 0.6 is 11.8 Å². The van der Waals surface area contributed by atoms with Crippen LogP contribution in [-0.2, 0) is 6.54 Å². The van der Waals surface area contributed by atoms with Crippen LogP contribution in [0.25, 0.3) is 11.1 Å². The van der Waals surface area contributed by atoms with Crippen molar-refractivity contribution in [2.24, 2.45) is 0 Å². The quantitative estimate of drug-likeness (QED) is 0.760. The van der Waals surface area contributed by atoms with Gasteiger partial charge in [0.05, 0.1) is 0 Å². The first-order chi connectivity index (χ1) is 10.1. The molecule has 0 aliphatic carbocycles. The molecule has 2 aromatic carbocycles. The molecule has 0 radical (unpaired) electrons. The van der Waals surface area contributed by atoms with Crippen LogP contribution in [0.4, 0.5) is 13.2 Å². The summed E-state index contributed by atoms with van der Waals surface area (Å²) < 4.78 is 38.5. The molecule has 0 amide bonds. The van der Waals surface area contributed by atoms with Crippen LogP contribution in [0.2, 0.25) is 0 Å². The van der Waals surface area contributed by atoms with Gasteiger partial charge in [0, 0.05) is 17.0 Å². The molecule has 1 nitrogen and oxygen atoms in total. The number of rotatable bonds is 6. The molecule has 21 heavy (non-hydrogen) atoms.